The third-order valence-corrected chi connectivity index (χ3v) is 8.80. The maximum absolute atomic E-state index is 6.44. The molecular weight excluding hydrogens is 404 g/mol. The molecular formula is C10H10Cl8. The van der Waals surface area contributed by atoms with Gasteiger partial charge in [0.1, 0.15) is 9.67 Å². The second kappa shape index (κ2) is 5.20. The van der Waals surface area contributed by atoms with Crippen LogP contribution in [0.3, 0.4) is 0 Å². The van der Waals surface area contributed by atoms with Crippen LogP contribution in [0.25, 0.3) is 0 Å². The lowest BCUT2D eigenvalue weighted by Crippen LogP contribution is -2.53. The van der Waals surface area contributed by atoms with Gasteiger partial charge in [0.2, 0.25) is 0 Å². The third-order valence-electron chi connectivity index (χ3n) is 4.60. The standard InChI is InChI=1S/C10H10Cl8/c1-9(7(15)16)2-3(11)5(13)10(9,8(17)18)6(14)4(2)12/h2-8H,1H3/t2?,3-,4-,5+,6+,9-,10?/m1/s1. The van der Waals surface area contributed by atoms with Crippen molar-refractivity contribution in [2.45, 2.75) is 38.1 Å². The molecule has 0 heterocycles. The van der Waals surface area contributed by atoms with Crippen molar-refractivity contribution in [3.63, 3.8) is 0 Å². The Balaban J connectivity index is 2.67. The third kappa shape index (κ3) is 1.67. The average molecular weight is 414 g/mol. The van der Waals surface area contributed by atoms with Gasteiger partial charge in [0.15, 0.2) is 0 Å². The summed E-state index contributed by atoms with van der Waals surface area (Å²) in [5.41, 5.74) is -1.65. The van der Waals surface area contributed by atoms with E-state index in [1.165, 1.54) is 0 Å². The molecule has 0 N–H and O–H groups in total. The van der Waals surface area contributed by atoms with Gasteiger partial charge in [0.25, 0.3) is 0 Å². The highest BCUT2D eigenvalue weighted by Gasteiger charge is 2.80. The molecule has 0 aromatic heterocycles. The molecule has 18 heavy (non-hydrogen) atoms. The molecule has 0 amide bonds. The normalized spacial score (nSPS) is 55.8. The highest BCUT2D eigenvalue weighted by Crippen LogP contribution is 2.75. The molecule has 2 aliphatic carbocycles. The fourth-order valence-electron chi connectivity index (χ4n) is 3.57. The number of fused-ring (bicyclic) bond motifs is 2. The summed E-state index contributed by atoms with van der Waals surface area (Å²) in [5.74, 6) is -0.245. The Hall–Kier alpha value is 2.32. The van der Waals surface area contributed by atoms with Crippen LogP contribution in [0.15, 0.2) is 0 Å². The lowest BCUT2D eigenvalue weighted by Gasteiger charge is -2.46. The van der Waals surface area contributed by atoms with Crippen molar-refractivity contribution < 1.29 is 0 Å². The Labute approximate surface area is 146 Å². The van der Waals surface area contributed by atoms with Gasteiger partial charge in [0.05, 0.1) is 21.5 Å². The molecule has 0 unspecified atom stereocenters. The summed E-state index contributed by atoms with van der Waals surface area (Å²) in [6.07, 6.45) is 0. The molecule has 2 fully saturated rings. The SMILES string of the molecule is C[C@]1(C(Cl)Cl)C2[C@@H](Cl)[C@H](Cl)C1(C(Cl)Cl)[C@@H](Cl)[C@@H]2Cl. The van der Waals surface area contributed by atoms with Gasteiger partial charge >= 0.3 is 0 Å². The zero-order chi connectivity index (χ0) is 14.0. The first-order chi connectivity index (χ1) is 8.15. The van der Waals surface area contributed by atoms with Crippen molar-refractivity contribution in [2.75, 3.05) is 0 Å². The molecule has 2 aliphatic rings. The van der Waals surface area contributed by atoms with E-state index in [-0.39, 0.29) is 5.92 Å². The number of rotatable bonds is 2. The smallest absolute Gasteiger partial charge is 0.117 e. The second-order valence-corrected chi connectivity index (χ2v) is 9.18. The van der Waals surface area contributed by atoms with E-state index in [0.717, 1.165) is 0 Å². The first-order valence-electron chi connectivity index (χ1n) is 5.27. The minimum absolute atomic E-state index is 0.245. The van der Waals surface area contributed by atoms with Crippen LogP contribution in [0.1, 0.15) is 6.92 Å². The summed E-state index contributed by atoms with van der Waals surface area (Å²) in [6.45, 7) is 1.86. The topological polar surface area (TPSA) is 0 Å². The molecule has 5 atom stereocenters. The predicted molar refractivity (Wildman–Crippen MR) is 83.6 cm³/mol. The minimum Gasteiger partial charge on any atom is -0.121 e. The van der Waals surface area contributed by atoms with Crippen LogP contribution in [0.2, 0.25) is 0 Å². The summed E-state index contributed by atoms with van der Waals surface area (Å²) >= 11 is 50.3. The van der Waals surface area contributed by atoms with Gasteiger partial charge in [-0.2, -0.15) is 0 Å². The Morgan fingerprint density at radius 2 is 1.17 bits per heavy atom. The van der Waals surface area contributed by atoms with Gasteiger partial charge in [-0.15, -0.1) is 92.8 Å². The van der Waals surface area contributed by atoms with Gasteiger partial charge < -0.3 is 0 Å². The van der Waals surface area contributed by atoms with E-state index in [1.54, 1.807) is 0 Å². The van der Waals surface area contributed by atoms with Gasteiger partial charge in [-0.1, -0.05) is 6.92 Å². The lowest BCUT2D eigenvalue weighted by atomic mass is 9.70. The summed E-state index contributed by atoms with van der Waals surface area (Å²) in [7, 11) is 0. The van der Waals surface area contributed by atoms with Gasteiger partial charge in [-0.05, 0) is 0 Å². The molecule has 2 rings (SSSR count). The average Bonchev–Trinajstić information content (AvgIpc) is 2.55. The van der Waals surface area contributed by atoms with Crippen molar-refractivity contribution in [3.8, 4) is 0 Å². The fraction of sp³-hybridized carbons (Fsp3) is 1.00. The maximum Gasteiger partial charge on any atom is 0.117 e. The van der Waals surface area contributed by atoms with Gasteiger partial charge in [-0.25, -0.2) is 0 Å². The zero-order valence-corrected chi connectivity index (χ0v) is 15.1. The van der Waals surface area contributed by atoms with Crippen LogP contribution in [-0.4, -0.2) is 31.2 Å². The second-order valence-electron chi connectivity index (χ2n) is 5.04. The molecule has 0 aromatic rings. The molecule has 8 heteroatoms. The maximum atomic E-state index is 6.44. The number of halogens is 8. The number of hydrogen-bond acceptors (Lipinski definition) is 0. The minimum atomic E-state index is -0.920. The predicted octanol–water partition coefficient (Wildman–Crippen LogP) is 5.66. The van der Waals surface area contributed by atoms with Crippen LogP contribution in [0.5, 0.6) is 0 Å². The van der Waals surface area contributed by atoms with E-state index in [1.807, 2.05) is 6.92 Å². The summed E-state index contributed by atoms with van der Waals surface area (Å²) < 4.78 is 0. The van der Waals surface area contributed by atoms with E-state index in [0.29, 0.717) is 0 Å². The van der Waals surface area contributed by atoms with Crippen LogP contribution in [0, 0.1) is 16.7 Å². The van der Waals surface area contributed by atoms with E-state index in [9.17, 15) is 0 Å². The van der Waals surface area contributed by atoms with Crippen molar-refractivity contribution in [1.82, 2.24) is 0 Å². The molecule has 0 nitrogen and oxygen atoms in total. The highest BCUT2D eigenvalue weighted by molar-refractivity contribution is 6.49. The quantitative estimate of drug-likeness (QED) is 0.512. The van der Waals surface area contributed by atoms with E-state index < -0.39 is 42.0 Å². The van der Waals surface area contributed by atoms with Crippen molar-refractivity contribution >= 4 is 92.8 Å². The molecule has 0 aliphatic heterocycles. The molecule has 2 saturated carbocycles. The first kappa shape index (κ1) is 16.7. The van der Waals surface area contributed by atoms with E-state index in [2.05, 4.69) is 0 Å². The Bertz CT molecular complexity index is 329. The van der Waals surface area contributed by atoms with Crippen molar-refractivity contribution in [2.24, 2.45) is 16.7 Å². The van der Waals surface area contributed by atoms with Crippen LogP contribution < -0.4 is 0 Å². The first-order valence-corrected chi connectivity index (χ1v) is 8.76. The molecule has 2 bridgehead atoms. The van der Waals surface area contributed by atoms with E-state index >= 15 is 0 Å². The largest absolute Gasteiger partial charge is 0.121 e. The number of hydrogen-bond donors (Lipinski definition) is 0. The Morgan fingerprint density at radius 3 is 1.39 bits per heavy atom. The van der Waals surface area contributed by atoms with Gasteiger partial charge in [0, 0.05) is 16.7 Å². The summed E-state index contributed by atoms with van der Waals surface area (Å²) in [5, 5.41) is -1.92. The van der Waals surface area contributed by atoms with Crippen LogP contribution >= 0.6 is 92.8 Å². The van der Waals surface area contributed by atoms with Crippen LogP contribution in [0.4, 0.5) is 0 Å². The van der Waals surface area contributed by atoms with Crippen molar-refractivity contribution in [1.29, 1.82) is 0 Å². The van der Waals surface area contributed by atoms with Crippen LogP contribution in [-0.2, 0) is 0 Å². The highest BCUT2D eigenvalue weighted by atomic mass is 35.5. The monoisotopic (exact) mass is 410 g/mol. The molecule has 106 valence electrons. The number of alkyl halides is 8. The zero-order valence-electron chi connectivity index (χ0n) is 9.07. The summed E-state index contributed by atoms with van der Waals surface area (Å²) in [4.78, 5) is -1.63. The molecule has 0 radical (unpaired) electrons. The van der Waals surface area contributed by atoms with Crippen molar-refractivity contribution in [3.05, 3.63) is 0 Å². The molecule has 0 spiro atoms. The van der Waals surface area contributed by atoms with Gasteiger partial charge in [-0.3, -0.25) is 0 Å². The summed E-state index contributed by atoms with van der Waals surface area (Å²) in [6, 6.07) is 0. The fourth-order valence-corrected chi connectivity index (χ4v) is 8.21. The lowest BCUT2D eigenvalue weighted by molar-refractivity contribution is 0.143. The molecule has 0 saturated heterocycles. The molecule has 0 aromatic carbocycles. The van der Waals surface area contributed by atoms with E-state index in [4.69, 9.17) is 92.8 Å². The Kier molecular flexibility index (Phi) is 4.82. The Morgan fingerprint density at radius 1 is 0.778 bits per heavy atom.